The number of aromatic nitrogens is 2. The van der Waals surface area contributed by atoms with Crippen LogP contribution < -0.4 is 15.0 Å². The van der Waals surface area contributed by atoms with Gasteiger partial charge in [0.15, 0.2) is 5.82 Å². The molecule has 0 saturated carbocycles. The third kappa shape index (κ3) is 5.93. The Labute approximate surface area is 243 Å². The van der Waals surface area contributed by atoms with Crippen molar-refractivity contribution in [2.24, 2.45) is 5.10 Å². The number of aryl methyl sites for hydroxylation is 1. The average molecular weight is 562 g/mol. The molecule has 4 aromatic carbocycles. The van der Waals surface area contributed by atoms with Crippen molar-refractivity contribution in [1.29, 1.82) is 0 Å². The molecular weight excluding hydrogens is 530 g/mol. The molecule has 0 aliphatic carbocycles. The maximum Gasteiger partial charge on any atom is 0.335 e. The minimum atomic E-state index is -0.965. The van der Waals surface area contributed by atoms with Crippen LogP contribution in [0.25, 0.3) is 22.3 Å². The van der Waals surface area contributed by atoms with Gasteiger partial charge in [-0.2, -0.15) is 9.78 Å². The van der Waals surface area contributed by atoms with Crippen LogP contribution in [0.1, 0.15) is 52.4 Å². The third-order valence-electron chi connectivity index (χ3n) is 7.00. The largest absolute Gasteiger partial charge is 0.496 e. The van der Waals surface area contributed by atoms with Gasteiger partial charge >= 0.3 is 5.97 Å². The second-order valence-corrected chi connectivity index (χ2v) is 10.2. The maximum absolute atomic E-state index is 13.7. The molecule has 0 spiro atoms. The lowest BCUT2D eigenvalue weighted by atomic mass is 9.96. The van der Waals surface area contributed by atoms with E-state index in [1.165, 1.54) is 4.68 Å². The molecule has 8 heteroatoms. The molecule has 1 aromatic heterocycles. The number of hydrogen-bond acceptors (Lipinski definition) is 6. The fourth-order valence-corrected chi connectivity index (χ4v) is 4.66. The molecule has 1 N–H and O–H groups in total. The number of carboxylic acids is 1. The van der Waals surface area contributed by atoms with Crippen LogP contribution in [0.15, 0.2) is 94.8 Å². The van der Waals surface area contributed by atoms with Gasteiger partial charge in [-0.1, -0.05) is 38.1 Å². The molecule has 5 rings (SSSR count). The summed E-state index contributed by atoms with van der Waals surface area (Å²) in [5.74, 6) is 1.13. The number of para-hydroxylation sites is 1. The minimum absolute atomic E-state index is 0.202. The van der Waals surface area contributed by atoms with Gasteiger partial charge in [0, 0.05) is 5.56 Å². The second-order valence-electron chi connectivity index (χ2n) is 10.2. The maximum atomic E-state index is 13.7. The number of benzene rings is 4. The molecule has 0 atom stereocenters. The third-order valence-corrected chi connectivity index (χ3v) is 7.00. The number of rotatable bonds is 9. The zero-order chi connectivity index (χ0) is 29.8. The van der Waals surface area contributed by atoms with Crippen LogP contribution >= 0.6 is 0 Å². The van der Waals surface area contributed by atoms with E-state index in [0.717, 1.165) is 33.6 Å². The average Bonchev–Trinajstić information content (AvgIpc) is 3.00. The molecule has 0 bridgehead atoms. The molecule has 0 saturated heterocycles. The smallest absolute Gasteiger partial charge is 0.335 e. The van der Waals surface area contributed by atoms with Crippen molar-refractivity contribution >= 4 is 23.1 Å². The van der Waals surface area contributed by atoms with Crippen molar-refractivity contribution in [3.05, 3.63) is 123 Å². The van der Waals surface area contributed by atoms with Crippen molar-refractivity contribution in [3.63, 3.8) is 0 Å². The molecule has 0 unspecified atom stereocenters. The van der Waals surface area contributed by atoms with Crippen molar-refractivity contribution in [1.82, 2.24) is 9.66 Å². The predicted octanol–water partition coefficient (Wildman–Crippen LogP) is 6.66. The number of carboxylic acid groups (broad SMARTS) is 1. The van der Waals surface area contributed by atoms with E-state index in [9.17, 15) is 9.59 Å². The number of aromatic carboxylic acids is 1. The SMILES string of the molecule is COc1cc(C)c(-c2nc3ccccc3c(=O)n2N=Cc2ccc(OCc3ccc(C(=O)O)cc3)cc2)cc1C(C)C. The summed E-state index contributed by atoms with van der Waals surface area (Å²) in [5, 5.41) is 14.1. The van der Waals surface area contributed by atoms with Gasteiger partial charge in [-0.15, -0.1) is 0 Å². The highest BCUT2D eigenvalue weighted by Gasteiger charge is 2.18. The Morgan fingerprint density at radius 3 is 2.40 bits per heavy atom. The summed E-state index contributed by atoms with van der Waals surface area (Å²) >= 11 is 0. The summed E-state index contributed by atoms with van der Waals surface area (Å²) in [7, 11) is 1.66. The van der Waals surface area contributed by atoms with Crippen LogP contribution in [0.2, 0.25) is 0 Å². The molecule has 0 radical (unpaired) electrons. The lowest BCUT2D eigenvalue weighted by Crippen LogP contribution is -2.20. The van der Waals surface area contributed by atoms with Crippen molar-refractivity contribution in [3.8, 4) is 22.9 Å². The summed E-state index contributed by atoms with van der Waals surface area (Å²) < 4.78 is 12.8. The zero-order valence-electron chi connectivity index (χ0n) is 23.9. The lowest BCUT2D eigenvalue weighted by Gasteiger charge is -2.17. The topological polar surface area (TPSA) is 103 Å². The normalized spacial score (nSPS) is 11.4. The fraction of sp³-hybridized carbons (Fsp3) is 0.176. The molecule has 0 amide bonds. The molecule has 212 valence electrons. The monoisotopic (exact) mass is 561 g/mol. The number of ether oxygens (including phenoxy) is 2. The summed E-state index contributed by atoms with van der Waals surface area (Å²) in [6.07, 6.45) is 1.62. The van der Waals surface area contributed by atoms with Crippen LogP contribution in [0, 0.1) is 6.92 Å². The number of methoxy groups -OCH3 is 1. The van der Waals surface area contributed by atoms with E-state index in [2.05, 4.69) is 18.9 Å². The van der Waals surface area contributed by atoms with Crippen LogP contribution in [0.3, 0.4) is 0 Å². The lowest BCUT2D eigenvalue weighted by molar-refractivity contribution is 0.0697. The molecule has 1 heterocycles. The number of fused-ring (bicyclic) bond motifs is 1. The number of hydrogen-bond donors (Lipinski definition) is 1. The van der Waals surface area contributed by atoms with Crippen LogP contribution in [-0.4, -0.2) is 34.1 Å². The first-order valence-electron chi connectivity index (χ1n) is 13.6. The zero-order valence-corrected chi connectivity index (χ0v) is 23.9. The highest BCUT2D eigenvalue weighted by atomic mass is 16.5. The van der Waals surface area contributed by atoms with Gasteiger partial charge in [-0.05, 0) is 95.8 Å². The van der Waals surface area contributed by atoms with Gasteiger partial charge in [0.05, 0.1) is 29.8 Å². The van der Waals surface area contributed by atoms with Crippen molar-refractivity contribution in [2.45, 2.75) is 33.3 Å². The Morgan fingerprint density at radius 1 is 1.02 bits per heavy atom. The van der Waals surface area contributed by atoms with Crippen LogP contribution in [-0.2, 0) is 6.61 Å². The van der Waals surface area contributed by atoms with E-state index in [0.29, 0.717) is 29.1 Å². The Balaban J connectivity index is 1.46. The van der Waals surface area contributed by atoms with Gasteiger partial charge in [-0.25, -0.2) is 9.78 Å². The summed E-state index contributed by atoms with van der Waals surface area (Å²) in [5.41, 5.74) is 4.94. The summed E-state index contributed by atoms with van der Waals surface area (Å²) in [6, 6.07) is 25.1. The Bertz CT molecular complexity index is 1840. The highest BCUT2D eigenvalue weighted by Crippen LogP contribution is 2.34. The van der Waals surface area contributed by atoms with E-state index in [-0.39, 0.29) is 17.0 Å². The van der Waals surface area contributed by atoms with Gasteiger partial charge in [0.2, 0.25) is 0 Å². The van der Waals surface area contributed by atoms with E-state index in [1.54, 1.807) is 43.7 Å². The molecule has 0 fully saturated rings. The van der Waals surface area contributed by atoms with E-state index < -0.39 is 5.97 Å². The standard InChI is InChI=1S/C34H31N3O5/c1-21(2)28-18-29(22(3)17-31(28)41-4)32-36-30-8-6-5-7-27(30)33(38)37(32)35-19-23-11-15-26(16-12-23)42-20-24-9-13-25(14-10-24)34(39)40/h5-19,21H,20H2,1-4H3,(H,39,40). The van der Waals surface area contributed by atoms with Gasteiger partial charge in [-0.3, -0.25) is 4.79 Å². The Kier molecular flexibility index (Phi) is 8.15. The predicted molar refractivity (Wildman–Crippen MR) is 164 cm³/mol. The Morgan fingerprint density at radius 2 is 1.74 bits per heavy atom. The summed E-state index contributed by atoms with van der Waals surface area (Å²) in [4.78, 5) is 29.6. The van der Waals surface area contributed by atoms with E-state index in [4.69, 9.17) is 19.6 Å². The molecule has 42 heavy (non-hydrogen) atoms. The van der Waals surface area contributed by atoms with Gasteiger partial charge in [0.1, 0.15) is 18.1 Å². The Hall–Kier alpha value is -5.24. The van der Waals surface area contributed by atoms with E-state index >= 15 is 0 Å². The number of nitrogens with zero attached hydrogens (tertiary/aromatic N) is 3. The number of carbonyl (C=O) groups is 1. The van der Waals surface area contributed by atoms with Gasteiger partial charge in [0.25, 0.3) is 5.56 Å². The molecular formula is C34H31N3O5. The first-order chi connectivity index (χ1) is 20.2. The molecule has 8 nitrogen and oxygen atoms in total. The van der Waals surface area contributed by atoms with Crippen molar-refractivity contribution in [2.75, 3.05) is 7.11 Å². The molecule has 0 aliphatic rings. The van der Waals surface area contributed by atoms with E-state index in [1.807, 2.05) is 61.5 Å². The first kappa shape index (κ1) is 28.3. The molecule has 5 aromatic rings. The fourth-order valence-electron chi connectivity index (χ4n) is 4.66. The quantitative estimate of drug-likeness (QED) is 0.202. The summed E-state index contributed by atoms with van der Waals surface area (Å²) in [6.45, 7) is 6.46. The molecule has 0 aliphatic heterocycles. The minimum Gasteiger partial charge on any atom is -0.496 e. The van der Waals surface area contributed by atoms with Crippen molar-refractivity contribution < 1.29 is 19.4 Å². The highest BCUT2D eigenvalue weighted by molar-refractivity contribution is 5.87. The first-order valence-corrected chi connectivity index (χ1v) is 13.6. The second kappa shape index (κ2) is 12.1. The van der Waals surface area contributed by atoms with Crippen LogP contribution in [0.4, 0.5) is 0 Å². The van der Waals surface area contributed by atoms with Gasteiger partial charge < -0.3 is 14.6 Å². The van der Waals surface area contributed by atoms with Crippen LogP contribution in [0.5, 0.6) is 11.5 Å².